The fourth-order valence-corrected chi connectivity index (χ4v) is 5.21. The number of aromatic nitrogens is 2. The van der Waals surface area contributed by atoms with E-state index in [1.165, 1.54) is 11.3 Å². The Balaban J connectivity index is 1.76. The summed E-state index contributed by atoms with van der Waals surface area (Å²) in [4.78, 5) is 22.5. The van der Waals surface area contributed by atoms with Gasteiger partial charge in [0.05, 0.1) is 28.6 Å². The first-order valence-electron chi connectivity index (χ1n) is 9.01. The minimum atomic E-state index is -0.381. The van der Waals surface area contributed by atoms with Gasteiger partial charge in [0.1, 0.15) is 27.3 Å². The molecule has 0 unspecified atom stereocenters. The van der Waals surface area contributed by atoms with Crippen molar-refractivity contribution in [2.45, 2.75) is 19.8 Å². The third-order valence-electron chi connectivity index (χ3n) is 4.65. The second-order valence-corrected chi connectivity index (χ2v) is 8.91. The summed E-state index contributed by atoms with van der Waals surface area (Å²) < 4.78 is 6.12. The number of nitrogen functional groups attached to an aromatic ring is 2. The molecular formula is C20H18N6O2S2. The Hall–Kier alpha value is -3.42. The van der Waals surface area contributed by atoms with Crippen LogP contribution in [-0.4, -0.2) is 23.0 Å². The summed E-state index contributed by atoms with van der Waals surface area (Å²) in [6, 6.07) is 7.62. The zero-order valence-electron chi connectivity index (χ0n) is 16.4. The molecule has 1 aromatic carbocycles. The number of thiophene rings is 1. The third-order valence-corrected chi connectivity index (χ3v) is 6.69. The fraction of sp³-hybridized carbons (Fsp3) is 0.200. The summed E-state index contributed by atoms with van der Waals surface area (Å²) >= 11 is 2.49. The average Bonchev–Trinajstić information content (AvgIpc) is 3.26. The summed E-state index contributed by atoms with van der Waals surface area (Å²) in [7, 11) is 1.60. The van der Waals surface area contributed by atoms with Gasteiger partial charge in [0, 0.05) is 5.39 Å². The molecule has 3 heterocycles. The standard InChI is InChI=1S/C20H18N6O2S2/c1-8(2)13-10(7-21)17(23)25-19-14(13)15(22)16(30-19)18(27)26-20-24-11-5-4-9(28-3)6-12(11)29-20/h4-6,8H,22H2,1-3H3,(H2,23,25)(H,24,26,27). The van der Waals surface area contributed by atoms with Crippen molar-refractivity contribution in [1.29, 1.82) is 5.26 Å². The third kappa shape index (κ3) is 3.18. The highest BCUT2D eigenvalue weighted by molar-refractivity contribution is 7.23. The number of benzene rings is 1. The number of hydrogen-bond donors (Lipinski definition) is 3. The Morgan fingerprint density at radius 3 is 2.70 bits per heavy atom. The molecule has 8 nitrogen and oxygen atoms in total. The number of nitrogens with zero attached hydrogens (tertiary/aromatic N) is 3. The summed E-state index contributed by atoms with van der Waals surface area (Å²) in [5.41, 5.74) is 14.4. The summed E-state index contributed by atoms with van der Waals surface area (Å²) in [5, 5.41) is 13.4. The number of ether oxygens (including phenoxy) is 1. The van der Waals surface area contributed by atoms with E-state index in [2.05, 4.69) is 21.4 Å². The van der Waals surface area contributed by atoms with Gasteiger partial charge in [-0.3, -0.25) is 10.1 Å². The minimum absolute atomic E-state index is 0.0143. The number of hydrogen-bond acceptors (Lipinski definition) is 9. The highest BCUT2D eigenvalue weighted by Crippen LogP contribution is 2.41. The lowest BCUT2D eigenvalue weighted by Crippen LogP contribution is -2.11. The molecule has 0 aliphatic rings. The molecule has 0 fully saturated rings. The molecule has 10 heteroatoms. The predicted octanol–water partition coefficient (Wildman–Crippen LogP) is 4.33. The van der Waals surface area contributed by atoms with Gasteiger partial charge in [-0.05, 0) is 29.7 Å². The summed E-state index contributed by atoms with van der Waals surface area (Å²) in [6.45, 7) is 3.89. The van der Waals surface area contributed by atoms with Crippen molar-refractivity contribution >= 4 is 65.7 Å². The molecule has 4 rings (SSSR count). The molecule has 0 radical (unpaired) electrons. The van der Waals surface area contributed by atoms with Crippen molar-refractivity contribution in [3.8, 4) is 11.8 Å². The van der Waals surface area contributed by atoms with E-state index in [1.807, 2.05) is 32.0 Å². The van der Waals surface area contributed by atoms with Gasteiger partial charge >= 0.3 is 0 Å². The molecule has 3 aromatic heterocycles. The van der Waals surface area contributed by atoms with Crippen LogP contribution in [0.1, 0.15) is 40.6 Å². The molecule has 1 amide bonds. The van der Waals surface area contributed by atoms with Gasteiger partial charge in [-0.25, -0.2) is 9.97 Å². The summed E-state index contributed by atoms with van der Waals surface area (Å²) in [6.07, 6.45) is 0. The van der Waals surface area contributed by atoms with Crippen LogP contribution in [0.4, 0.5) is 16.6 Å². The van der Waals surface area contributed by atoms with Crippen LogP contribution in [0.5, 0.6) is 5.75 Å². The molecule has 0 aliphatic heterocycles. The van der Waals surface area contributed by atoms with E-state index < -0.39 is 0 Å². The van der Waals surface area contributed by atoms with Crippen molar-refractivity contribution in [3.63, 3.8) is 0 Å². The van der Waals surface area contributed by atoms with Crippen LogP contribution in [-0.2, 0) is 0 Å². The molecule has 0 bridgehead atoms. The largest absolute Gasteiger partial charge is 0.497 e. The molecule has 0 spiro atoms. The Kier molecular flexibility index (Phi) is 4.93. The number of rotatable bonds is 4. The topological polar surface area (TPSA) is 140 Å². The number of carbonyl (C=O) groups excluding carboxylic acids is 1. The zero-order valence-corrected chi connectivity index (χ0v) is 18.1. The van der Waals surface area contributed by atoms with E-state index in [0.717, 1.165) is 27.3 Å². The molecule has 30 heavy (non-hydrogen) atoms. The van der Waals surface area contributed by atoms with E-state index in [1.54, 1.807) is 7.11 Å². The normalized spacial score (nSPS) is 11.2. The Morgan fingerprint density at radius 2 is 2.03 bits per heavy atom. The first-order chi connectivity index (χ1) is 14.3. The molecule has 4 aromatic rings. The monoisotopic (exact) mass is 438 g/mol. The van der Waals surface area contributed by atoms with Gasteiger partial charge < -0.3 is 16.2 Å². The lowest BCUT2D eigenvalue weighted by molar-refractivity contribution is 0.103. The van der Waals surface area contributed by atoms with Crippen LogP contribution in [0.3, 0.4) is 0 Å². The van der Waals surface area contributed by atoms with Gasteiger partial charge in [0.2, 0.25) is 0 Å². The van der Waals surface area contributed by atoms with E-state index in [9.17, 15) is 10.1 Å². The van der Waals surface area contributed by atoms with Crippen molar-refractivity contribution in [2.24, 2.45) is 0 Å². The molecule has 0 aliphatic carbocycles. The van der Waals surface area contributed by atoms with Crippen molar-refractivity contribution in [2.75, 3.05) is 23.9 Å². The van der Waals surface area contributed by atoms with Crippen molar-refractivity contribution in [1.82, 2.24) is 9.97 Å². The van der Waals surface area contributed by atoms with Gasteiger partial charge in [-0.1, -0.05) is 25.2 Å². The number of nitriles is 1. The van der Waals surface area contributed by atoms with Crippen LogP contribution < -0.4 is 21.5 Å². The Morgan fingerprint density at radius 1 is 1.27 bits per heavy atom. The lowest BCUT2D eigenvalue weighted by Gasteiger charge is -2.12. The van der Waals surface area contributed by atoms with Crippen molar-refractivity contribution < 1.29 is 9.53 Å². The number of pyridine rings is 1. The first-order valence-corrected chi connectivity index (χ1v) is 10.6. The van der Waals surface area contributed by atoms with Crippen LogP contribution in [0.15, 0.2) is 18.2 Å². The molecule has 5 N–H and O–H groups in total. The number of nitrogens with one attached hydrogen (secondary N) is 1. The number of fused-ring (bicyclic) bond motifs is 2. The Labute approximate surface area is 180 Å². The van der Waals surface area contributed by atoms with Gasteiger partial charge in [0.25, 0.3) is 5.91 Å². The van der Waals surface area contributed by atoms with Crippen molar-refractivity contribution in [3.05, 3.63) is 34.2 Å². The molecule has 152 valence electrons. The van der Waals surface area contributed by atoms with E-state index >= 15 is 0 Å². The lowest BCUT2D eigenvalue weighted by atomic mass is 9.95. The van der Waals surface area contributed by atoms with E-state index in [-0.39, 0.29) is 17.6 Å². The quantitative estimate of drug-likeness (QED) is 0.431. The van der Waals surface area contributed by atoms with Crippen LogP contribution in [0.2, 0.25) is 0 Å². The second kappa shape index (κ2) is 7.44. The van der Waals surface area contributed by atoms with Gasteiger partial charge in [-0.15, -0.1) is 11.3 Å². The number of carbonyl (C=O) groups is 1. The SMILES string of the molecule is COc1ccc2nc(NC(=O)c3sc4nc(N)c(C#N)c(C(C)C)c4c3N)sc2c1. The van der Waals surface area contributed by atoms with Crippen LogP contribution in [0.25, 0.3) is 20.4 Å². The predicted molar refractivity (Wildman–Crippen MR) is 121 cm³/mol. The highest BCUT2D eigenvalue weighted by atomic mass is 32.1. The summed E-state index contributed by atoms with van der Waals surface area (Å²) in [5.74, 6) is 0.464. The number of amides is 1. The van der Waals surface area contributed by atoms with Gasteiger partial charge in [-0.2, -0.15) is 5.26 Å². The number of thiazole rings is 1. The average molecular weight is 439 g/mol. The molecule has 0 atom stereocenters. The van der Waals surface area contributed by atoms with Crippen LogP contribution >= 0.6 is 22.7 Å². The second-order valence-electron chi connectivity index (χ2n) is 6.88. The zero-order chi connectivity index (χ0) is 21.6. The van der Waals surface area contributed by atoms with Crippen LogP contribution in [0, 0.1) is 11.3 Å². The van der Waals surface area contributed by atoms with E-state index in [0.29, 0.717) is 37.0 Å². The number of methoxy groups -OCH3 is 1. The maximum absolute atomic E-state index is 13.0. The maximum Gasteiger partial charge on any atom is 0.269 e. The highest BCUT2D eigenvalue weighted by Gasteiger charge is 2.25. The fourth-order valence-electron chi connectivity index (χ4n) is 3.30. The van der Waals surface area contributed by atoms with E-state index in [4.69, 9.17) is 16.2 Å². The molecule has 0 saturated heterocycles. The first kappa shape index (κ1) is 19.9. The number of anilines is 3. The molecular weight excluding hydrogens is 420 g/mol. The molecule has 0 saturated carbocycles. The number of nitrogens with two attached hydrogens (primary N) is 2. The minimum Gasteiger partial charge on any atom is -0.497 e. The smallest absolute Gasteiger partial charge is 0.269 e. The Bertz CT molecular complexity index is 1350. The van der Waals surface area contributed by atoms with Gasteiger partial charge in [0.15, 0.2) is 5.13 Å². The maximum atomic E-state index is 13.0.